The maximum Gasteiger partial charge on any atom is 0.251 e. The van der Waals surface area contributed by atoms with Crippen LogP contribution in [0.1, 0.15) is 47.8 Å². The van der Waals surface area contributed by atoms with Crippen molar-refractivity contribution >= 4 is 23.2 Å². The lowest BCUT2D eigenvalue weighted by atomic mass is 10.0. The van der Waals surface area contributed by atoms with Crippen LogP contribution in [0.2, 0.25) is 0 Å². The number of H-pyrrole nitrogens is 1. The van der Waals surface area contributed by atoms with Crippen LogP contribution in [-0.4, -0.2) is 51.6 Å². The fourth-order valence-corrected chi connectivity index (χ4v) is 5.01. The summed E-state index contributed by atoms with van der Waals surface area (Å²) in [4.78, 5) is 30.4. The highest BCUT2D eigenvalue weighted by molar-refractivity contribution is 6.01. The van der Waals surface area contributed by atoms with E-state index in [1.54, 1.807) is 11.1 Å². The zero-order valence-corrected chi connectivity index (χ0v) is 20.5. The largest absolute Gasteiger partial charge is 0.490 e. The minimum Gasteiger partial charge on any atom is -0.490 e. The highest BCUT2D eigenvalue weighted by atomic mass is 16.5. The van der Waals surface area contributed by atoms with Crippen LogP contribution in [0.25, 0.3) is 22.2 Å². The first-order valence-electron chi connectivity index (χ1n) is 12.8. The number of ether oxygens (including phenoxy) is 1. The summed E-state index contributed by atoms with van der Waals surface area (Å²) < 4.78 is 6.13. The molecular weight excluding hydrogens is 466 g/mol. The SMILES string of the molecule is O=CN1CCC(Oc2ccc(-c3n[nH]c4ccc(C(=O)N[C@@H](c5ccccn5)C5CC5)cc34)cc2)CC1. The molecule has 188 valence electrons. The Morgan fingerprint density at radius 2 is 1.86 bits per heavy atom. The molecule has 2 aromatic carbocycles. The predicted molar refractivity (Wildman–Crippen MR) is 140 cm³/mol. The van der Waals surface area contributed by atoms with Crippen molar-refractivity contribution in [3.8, 4) is 17.0 Å². The Morgan fingerprint density at radius 3 is 2.57 bits per heavy atom. The number of fused-ring (bicyclic) bond motifs is 1. The van der Waals surface area contributed by atoms with E-state index in [-0.39, 0.29) is 18.1 Å². The van der Waals surface area contributed by atoms with Gasteiger partial charge in [0.2, 0.25) is 6.41 Å². The van der Waals surface area contributed by atoms with Gasteiger partial charge in [-0.1, -0.05) is 6.07 Å². The molecular formula is C29H29N5O3. The number of hydrogen-bond acceptors (Lipinski definition) is 5. The van der Waals surface area contributed by atoms with Gasteiger partial charge < -0.3 is 15.0 Å². The van der Waals surface area contributed by atoms with Crippen LogP contribution in [0.3, 0.4) is 0 Å². The summed E-state index contributed by atoms with van der Waals surface area (Å²) in [7, 11) is 0. The molecule has 0 spiro atoms. The monoisotopic (exact) mass is 495 g/mol. The molecule has 0 radical (unpaired) electrons. The highest BCUT2D eigenvalue weighted by Gasteiger charge is 2.34. The van der Waals surface area contributed by atoms with Crippen molar-refractivity contribution in [1.82, 2.24) is 25.4 Å². The van der Waals surface area contributed by atoms with E-state index in [4.69, 9.17) is 4.74 Å². The van der Waals surface area contributed by atoms with Crippen LogP contribution in [0.4, 0.5) is 0 Å². The zero-order chi connectivity index (χ0) is 25.2. The molecule has 4 aromatic rings. The first-order chi connectivity index (χ1) is 18.2. The van der Waals surface area contributed by atoms with Crippen LogP contribution in [0.15, 0.2) is 66.9 Å². The topological polar surface area (TPSA) is 100 Å². The van der Waals surface area contributed by atoms with Gasteiger partial charge in [-0.3, -0.25) is 19.7 Å². The van der Waals surface area contributed by atoms with Gasteiger partial charge in [0.25, 0.3) is 5.91 Å². The second-order valence-electron chi connectivity index (χ2n) is 9.86. The van der Waals surface area contributed by atoms with E-state index in [1.165, 1.54) is 0 Å². The molecule has 1 saturated carbocycles. The molecule has 2 fully saturated rings. The molecule has 2 amide bonds. The predicted octanol–water partition coefficient (Wildman–Crippen LogP) is 4.51. The number of carbonyl (C=O) groups is 2. The molecule has 1 aliphatic carbocycles. The lowest BCUT2D eigenvalue weighted by Gasteiger charge is -2.29. The number of nitrogens with zero attached hydrogens (tertiary/aromatic N) is 3. The molecule has 6 rings (SSSR count). The van der Waals surface area contributed by atoms with E-state index in [0.29, 0.717) is 11.5 Å². The van der Waals surface area contributed by atoms with Crippen molar-refractivity contribution < 1.29 is 14.3 Å². The second kappa shape index (κ2) is 10.0. The van der Waals surface area contributed by atoms with Crippen molar-refractivity contribution in [3.05, 3.63) is 78.1 Å². The lowest BCUT2D eigenvalue weighted by Crippen LogP contribution is -2.37. The van der Waals surface area contributed by atoms with E-state index in [0.717, 1.165) is 78.8 Å². The van der Waals surface area contributed by atoms with Crippen molar-refractivity contribution in [3.63, 3.8) is 0 Å². The third kappa shape index (κ3) is 5.05. The third-order valence-electron chi connectivity index (χ3n) is 7.27. The van der Waals surface area contributed by atoms with Gasteiger partial charge in [-0.05, 0) is 73.4 Å². The summed E-state index contributed by atoms with van der Waals surface area (Å²) in [5, 5.41) is 11.7. The van der Waals surface area contributed by atoms with Crippen LogP contribution in [0, 0.1) is 5.92 Å². The van der Waals surface area contributed by atoms with E-state index in [1.807, 2.05) is 60.7 Å². The maximum atomic E-state index is 13.2. The molecule has 37 heavy (non-hydrogen) atoms. The van der Waals surface area contributed by atoms with Crippen molar-refractivity contribution in [1.29, 1.82) is 0 Å². The van der Waals surface area contributed by atoms with Crippen LogP contribution in [-0.2, 0) is 4.79 Å². The Bertz CT molecular complexity index is 1390. The van der Waals surface area contributed by atoms with Gasteiger partial charge in [0, 0.05) is 48.6 Å². The Hall–Kier alpha value is -4.20. The standard InChI is InChI=1S/C29H29N5O3/c35-18-34-15-12-23(13-16-34)37-22-9-6-19(7-10-22)27-24-17-21(8-11-25(24)32-33-27)29(36)31-28(20-4-5-20)26-3-1-2-14-30-26/h1-3,6-11,14,17-18,20,23,28H,4-5,12-13,15-16H2,(H,31,36)(H,32,33)/t28-/m1/s1. The number of hydrogen-bond donors (Lipinski definition) is 2. The van der Waals surface area contributed by atoms with E-state index in [9.17, 15) is 9.59 Å². The molecule has 1 aliphatic heterocycles. The Balaban J connectivity index is 1.18. The molecule has 2 N–H and O–H groups in total. The van der Waals surface area contributed by atoms with E-state index >= 15 is 0 Å². The number of pyridine rings is 1. The summed E-state index contributed by atoms with van der Waals surface area (Å²) in [5.41, 5.74) is 4.10. The first kappa shape index (κ1) is 23.2. The van der Waals surface area contributed by atoms with Gasteiger partial charge in [0.05, 0.1) is 22.9 Å². The molecule has 2 aromatic heterocycles. The van der Waals surface area contributed by atoms with Crippen molar-refractivity contribution in [2.45, 2.75) is 37.8 Å². The maximum absolute atomic E-state index is 13.2. The summed E-state index contributed by atoms with van der Waals surface area (Å²) in [5.74, 6) is 1.13. The lowest BCUT2D eigenvalue weighted by molar-refractivity contribution is -0.119. The molecule has 8 heteroatoms. The van der Waals surface area contributed by atoms with Gasteiger partial charge in [0.1, 0.15) is 11.9 Å². The summed E-state index contributed by atoms with van der Waals surface area (Å²) in [6.07, 6.45) is 6.65. The number of carbonyl (C=O) groups excluding carboxylic acids is 2. The number of amides is 2. The normalized spacial score (nSPS) is 16.9. The average Bonchev–Trinajstić information content (AvgIpc) is 3.71. The average molecular weight is 496 g/mol. The number of aromatic amines is 1. The molecule has 8 nitrogen and oxygen atoms in total. The summed E-state index contributed by atoms with van der Waals surface area (Å²) in [6.45, 7) is 1.45. The van der Waals surface area contributed by atoms with E-state index in [2.05, 4.69) is 20.5 Å². The van der Waals surface area contributed by atoms with Crippen LogP contribution < -0.4 is 10.1 Å². The molecule has 0 unspecified atom stereocenters. The Labute approximate surface area is 215 Å². The second-order valence-corrected chi connectivity index (χ2v) is 9.86. The van der Waals surface area contributed by atoms with E-state index < -0.39 is 0 Å². The summed E-state index contributed by atoms with van der Waals surface area (Å²) >= 11 is 0. The molecule has 0 bridgehead atoms. The number of likely N-dealkylation sites (tertiary alicyclic amines) is 1. The highest BCUT2D eigenvalue weighted by Crippen LogP contribution is 2.40. The number of benzene rings is 2. The van der Waals surface area contributed by atoms with Gasteiger partial charge in [-0.15, -0.1) is 0 Å². The minimum atomic E-state index is -0.110. The van der Waals surface area contributed by atoms with Crippen LogP contribution >= 0.6 is 0 Å². The molecule has 3 heterocycles. The smallest absolute Gasteiger partial charge is 0.251 e. The minimum absolute atomic E-state index is 0.0774. The van der Waals surface area contributed by atoms with Crippen molar-refractivity contribution in [2.75, 3.05) is 13.1 Å². The molecule has 1 saturated heterocycles. The zero-order valence-electron chi connectivity index (χ0n) is 20.5. The van der Waals surface area contributed by atoms with Crippen molar-refractivity contribution in [2.24, 2.45) is 5.92 Å². The number of nitrogens with one attached hydrogen (secondary N) is 2. The first-order valence-corrected chi connectivity index (χ1v) is 12.8. The fourth-order valence-electron chi connectivity index (χ4n) is 5.01. The van der Waals surface area contributed by atoms with Gasteiger partial charge >= 0.3 is 0 Å². The van der Waals surface area contributed by atoms with Gasteiger partial charge in [-0.2, -0.15) is 5.10 Å². The third-order valence-corrected chi connectivity index (χ3v) is 7.27. The Morgan fingerprint density at radius 1 is 1.05 bits per heavy atom. The Kier molecular flexibility index (Phi) is 6.30. The number of piperidine rings is 1. The van der Waals surface area contributed by atoms with Gasteiger partial charge in [0.15, 0.2) is 0 Å². The number of aromatic nitrogens is 3. The van der Waals surface area contributed by atoms with Crippen LogP contribution in [0.5, 0.6) is 5.75 Å². The van der Waals surface area contributed by atoms with Gasteiger partial charge in [-0.25, -0.2) is 0 Å². The molecule has 2 aliphatic rings. The fraction of sp³-hybridized carbons (Fsp3) is 0.310. The molecule has 1 atom stereocenters. The summed E-state index contributed by atoms with van der Waals surface area (Å²) in [6, 6.07) is 19.2. The quantitative estimate of drug-likeness (QED) is 0.351. The number of rotatable bonds is 8.